The van der Waals surface area contributed by atoms with E-state index in [1.54, 1.807) is 22.9 Å². The summed E-state index contributed by atoms with van der Waals surface area (Å²) in [4.78, 5) is 33.3. The first-order valence-electron chi connectivity index (χ1n) is 12.2. The van der Waals surface area contributed by atoms with E-state index in [4.69, 9.17) is 4.98 Å². The Kier molecular flexibility index (Phi) is 5.67. The van der Waals surface area contributed by atoms with Gasteiger partial charge in [0.25, 0.3) is 0 Å². The lowest BCUT2D eigenvalue weighted by Gasteiger charge is -2.33. The lowest BCUT2D eigenvalue weighted by atomic mass is 9.93. The highest BCUT2D eigenvalue weighted by Gasteiger charge is 2.25. The number of halogens is 1. The molecule has 0 radical (unpaired) electrons. The smallest absolute Gasteiger partial charge is 0.242 e. The molecule has 0 spiro atoms. The second kappa shape index (κ2) is 9.14. The number of para-hydroxylation sites is 2. The summed E-state index contributed by atoms with van der Waals surface area (Å²) < 4.78 is 17.5. The number of imidazole rings is 2. The monoisotopic (exact) mass is 483 g/mol. The first-order chi connectivity index (χ1) is 17.5. The Morgan fingerprint density at radius 3 is 2.92 bits per heavy atom. The zero-order valence-electron chi connectivity index (χ0n) is 20.0. The Morgan fingerprint density at radius 2 is 2.00 bits per heavy atom. The summed E-state index contributed by atoms with van der Waals surface area (Å²) in [5.74, 6) is 1.44. The fourth-order valence-electron chi connectivity index (χ4n) is 5.14. The van der Waals surface area contributed by atoms with Crippen molar-refractivity contribution in [3.05, 3.63) is 78.4 Å². The van der Waals surface area contributed by atoms with Gasteiger partial charge in [-0.1, -0.05) is 12.1 Å². The summed E-state index contributed by atoms with van der Waals surface area (Å²) >= 11 is 0. The largest absolute Gasteiger partial charge is 0.341 e. The highest BCUT2D eigenvalue weighted by molar-refractivity contribution is 5.81. The number of carbonyl (C=O) groups is 1. The molecule has 0 saturated carbocycles. The number of carbonyl (C=O) groups excluding carboxylic acids is 1. The average Bonchev–Trinajstić information content (AvgIpc) is 3.44. The van der Waals surface area contributed by atoms with Crippen molar-refractivity contribution in [3.63, 3.8) is 0 Å². The van der Waals surface area contributed by atoms with Crippen LogP contribution in [0.15, 0.2) is 61.1 Å². The number of fused-ring (bicyclic) bond motifs is 2. The Balaban J connectivity index is 1.17. The highest BCUT2D eigenvalue weighted by atomic mass is 19.1. The number of likely N-dealkylation sites (tertiary alicyclic amines) is 1. The number of nitrogens with zero attached hydrogens (tertiary/aromatic N) is 7. The van der Waals surface area contributed by atoms with Gasteiger partial charge in [-0.15, -0.1) is 0 Å². The van der Waals surface area contributed by atoms with Crippen LogP contribution in [0.25, 0.3) is 28.2 Å². The molecule has 1 aliphatic rings. The number of hydrogen-bond acceptors (Lipinski definition) is 5. The molecule has 5 aromatic rings. The van der Waals surface area contributed by atoms with Crippen molar-refractivity contribution in [1.29, 1.82) is 0 Å². The molecule has 1 amide bonds. The number of hydrogen-bond donors (Lipinski definition) is 0. The van der Waals surface area contributed by atoms with Crippen molar-refractivity contribution in [3.8, 4) is 11.5 Å². The van der Waals surface area contributed by atoms with Gasteiger partial charge in [0.05, 0.1) is 17.2 Å². The third-order valence-corrected chi connectivity index (χ3v) is 6.92. The van der Waals surface area contributed by atoms with Crippen molar-refractivity contribution in [1.82, 2.24) is 33.8 Å². The molecule has 1 saturated heterocycles. The van der Waals surface area contributed by atoms with E-state index in [2.05, 4.69) is 15.0 Å². The summed E-state index contributed by atoms with van der Waals surface area (Å²) in [7, 11) is 0. The third-order valence-electron chi connectivity index (χ3n) is 6.92. The molecule has 1 atom stereocenters. The van der Waals surface area contributed by atoms with Gasteiger partial charge >= 0.3 is 0 Å². The van der Waals surface area contributed by atoms with Gasteiger partial charge in [0.15, 0.2) is 5.82 Å². The third kappa shape index (κ3) is 4.21. The van der Waals surface area contributed by atoms with Crippen LogP contribution in [0.5, 0.6) is 0 Å². The number of aryl methyl sites for hydroxylation is 1. The highest BCUT2D eigenvalue weighted by Crippen LogP contribution is 2.23. The molecule has 0 aliphatic carbocycles. The van der Waals surface area contributed by atoms with Gasteiger partial charge in [-0.2, -0.15) is 0 Å². The number of rotatable bonds is 5. The van der Waals surface area contributed by atoms with Crippen LogP contribution in [0.3, 0.4) is 0 Å². The molecule has 0 bridgehead atoms. The molecule has 8 nitrogen and oxygen atoms in total. The summed E-state index contributed by atoms with van der Waals surface area (Å²) in [6.07, 6.45) is 7.54. The molecule has 4 aromatic heterocycles. The van der Waals surface area contributed by atoms with Gasteiger partial charge in [0.1, 0.15) is 29.5 Å². The molecule has 0 N–H and O–H groups in total. The Hall–Kier alpha value is -4.14. The summed E-state index contributed by atoms with van der Waals surface area (Å²) in [5, 5.41) is 0. The summed E-state index contributed by atoms with van der Waals surface area (Å²) in [5.41, 5.74) is 4.09. The van der Waals surface area contributed by atoms with Crippen LogP contribution in [0.2, 0.25) is 0 Å². The maximum atomic E-state index is 13.8. The van der Waals surface area contributed by atoms with E-state index in [1.165, 1.54) is 12.3 Å². The Bertz CT molecular complexity index is 1570. The fraction of sp³-hybridized carbons (Fsp3) is 0.296. The fourth-order valence-corrected chi connectivity index (χ4v) is 5.14. The van der Waals surface area contributed by atoms with Crippen LogP contribution in [0.1, 0.15) is 24.4 Å². The van der Waals surface area contributed by atoms with E-state index in [0.717, 1.165) is 48.4 Å². The number of aromatic nitrogens is 6. The minimum atomic E-state index is -0.344. The first-order valence-corrected chi connectivity index (χ1v) is 12.2. The van der Waals surface area contributed by atoms with Crippen LogP contribution in [0, 0.1) is 18.7 Å². The maximum absolute atomic E-state index is 13.8. The van der Waals surface area contributed by atoms with E-state index in [-0.39, 0.29) is 11.7 Å². The summed E-state index contributed by atoms with van der Waals surface area (Å²) in [6, 6.07) is 12.8. The topological polar surface area (TPSA) is 81.2 Å². The van der Waals surface area contributed by atoms with Crippen molar-refractivity contribution in [2.75, 3.05) is 13.1 Å². The molecule has 1 fully saturated rings. The van der Waals surface area contributed by atoms with Gasteiger partial charge < -0.3 is 9.47 Å². The Morgan fingerprint density at radius 1 is 1.11 bits per heavy atom. The second-order valence-corrected chi connectivity index (χ2v) is 9.38. The van der Waals surface area contributed by atoms with E-state index >= 15 is 0 Å². The van der Waals surface area contributed by atoms with E-state index in [9.17, 15) is 9.18 Å². The SMILES string of the molecule is Cc1nc2ccccc2n1CC(=O)N1CCC[C@@H](Cc2ccnc(-c3cnc4ccc(F)cn34)n2)C1. The molecule has 9 heteroatoms. The molecule has 0 unspecified atom stereocenters. The molecule has 1 aliphatic heterocycles. The van der Waals surface area contributed by atoms with Crippen LogP contribution in [-0.4, -0.2) is 52.8 Å². The quantitative estimate of drug-likeness (QED) is 0.376. The summed E-state index contributed by atoms with van der Waals surface area (Å²) in [6.45, 7) is 3.70. The average molecular weight is 484 g/mol. The normalized spacial score (nSPS) is 16.2. The predicted molar refractivity (Wildman–Crippen MR) is 134 cm³/mol. The molecule has 182 valence electrons. The lowest BCUT2D eigenvalue weighted by Crippen LogP contribution is -2.42. The second-order valence-electron chi connectivity index (χ2n) is 9.38. The van der Waals surface area contributed by atoms with Gasteiger partial charge in [-0.3, -0.25) is 9.20 Å². The first kappa shape index (κ1) is 22.3. The molecule has 1 aromatic carbocycles. The van der Waals surface area contributed by atoms with Crippen molar-refractivity contribution in [2.45, 2.75) is 32.7 Å². The molecular formula is C27H26FN7O. The number of benzene rings is 1. The number of pyridine rings is 1. The van der Waals surface area contributed by atoms with Gasteiger partial charge in [0, 0.05) is 31.2 Å². The number of amides is 1. The molecular weight excluding hydrogens is 457 g/mol. The standard InChI is InChI=1S/C27H26FN7O/c1-18-31-22-6-2-3-7-23(22)34(18)17-26(36)33-12-4-5-19(15-33)13-21-10-11-29-27(32-21)24-14-30-25-9-8-20(28)16-35(24)25/h2-3,6-11,14,16,19H,4-5,12-13,15,17H2,1H3/t19-/m0/s1. The molecule has 5 heterocycles. The van der Waals surface area contributed by atoms with E-state index < -0.39 is 0 Å². The van der Waals surface area contributed by atoms with Gasteiger partial charge in [-0.05, 0) is 62.4 Å². The van der Waals surface area contributed by atoms with E-state index in [1.807, 2.05) is 46.7 Å². The minimum Gasteiger partial charge on any atom is -0.341 e. The zero-order chi connectivity index (χ0) is 24.6. The number of piperidine rings is 1. The molecule has 6 rings (SSSR count). The zero-order valence-corrected chi connectivity index (χ0v) is 20.0. The van der Waals surface area contributed by atoms with Crippen molar-refractivity contribution in [2.24, 2.45) is 5.92 Å². The van der Waals surface area contributed by atoms with Gasteiger partial charge in [-0.25, -0.2) is 24.3 Å². The maximum Gasteiger partial charge on any atom is 0.242 e. The van der Waals surface area contributed by atoms with Crippen molar-refractivity contribution >= 4 is 22.6 Å². The van der Waals surface area contributed by atoms with E-state index in [0.29, 0.717) is 36.2 Å². The lowest BCUT2D eigenvalue weighted by molar-refractivity contribution is -0.133. The minimum absolute atomic E-state index is 0.113. The Labute approximate surface area is 207 Å². The van der Waals surface area contributed by atoms with Crippen LogP contribution in [0.4, 0.5) is 4.39 Å². The van der Waals surface area contributed by atoms with Crippen LogP contribution in [-0.2, 0) is 17.8 Å². The van der Waals surface area contributed by atoms with Gasteiger partial charge in [0.2, 0.25) is 5.91 Å². The van der Waals surface area contributed by atoms with Crippen molar-refractivity contribution < 1.29 is 9.18 Å². The predicted octanol–water partition coefficient (Wildman–Crippen LogP) is 4.07. The van der Waals surface area contributed by atoms with Crippen LogP contribution >= 0.6 is 0 Å². The molecule has 36 heavy (non-hydrogen) atoms. The van der Waals surface area contributed by atoms with Crippen LogP contribution < -0.4 is 0 Å².